The maximum atomic E-state index is 11.4. The highest BCUT2D eigenvalue weighted by molar-refractivity contribution is 6.18. The summed E-state index contributed by atoms with van der Waals surface area (Å²) in [5, 5.41) is 10.1. The Morgan fingerprint density at radius 1 is 1.50 bits per heavy atom. The van der Waals surface area contributed by atoms with E-state index in [1.54, 1.807) is 11.9 Å². The van der Waals surface area contributed by atoms with E-state index < -0.39 is 5.60 Å². The van der Waals surface area contributed by atoms with Gasteiger partial charge in [-0.2, -0.15) is 0 Å². The van der Waals surface area contributed by atoms with Crippen LogP contribution < -0.4 is 0 Å². The summed E-state index contributed by atoms with van der Waals surface area (Å²) in [7, 11) is 1.73. The van der Waals surface area contributed by atoms with Crippen molar-refractivity contribution in [1.82, 2.24) is 4.90 Å². The fraction of sp³-hybridized carbons (Fsp3) is 0.900. The van der Waals surface area contributed by atoms with Gasteiger partial charge >= 0.3 is 0 Å². The van der Waals surface area contributed by atoms with Crippen LogP contribution in [0.5, 0.6) is 0 Å². The number of hydrogen-bond acceptors (Lipinski definition) is 2. The van der Waals surface area contributed by atoms with E-state index in [1.807, 2.05) is 0 Å². The second kappa shape index (κ2) is 4.99. The molecule has 0 aliphatic heterocycles. The summed E-state index contributed by atoms with van der Waals surface area (Å²) in [4.78, 5) is 13.0. The molecule has 1 fully saturated rings. The molecule has 1 rings (SSSR count). The van der Waals surface area contributed by atoms with Crippen molar-refractivity contribution in [2.75, 3.05) is 19.5 Å². The molecule has 0 aromatic carbocycles. The molecule has 0 radical (unpaired) electrons. The van der Waals surface area contributed by atoms with Crippen LogP contribution in [0.4, 0.5) is 0 Å². The average Bonchev–Trinajstić information content (AvgIpc) is 2.52. The van der Waals surface area contributed by atoms with E-state index in [0.717, 1.165) is 25.7 Å². The number of rotatable bonds is 4. The van der Waals surface area contributed by atoms with Crippen LogP contribution in [-0.4, -0.2) is 41.0 Å². The molecule has 0 saturated heterocycles. The van der Waals surface area contributed by atoms with Crippen molar-refractivity contribution in [3.8, 4) is 0 Å². The number of halogens is 1. The third-order valence-corrected chi connectivity index (χ3v) is 2.99. The van der Waals surface area contributed by atoms with Crippen LogP contribution in [0, 0.1) is 0 Å². The highest BCUT2D eigenvalue weighted by atomic mass is 35.5. The molecule has 0 bridgehead atoms. The first-order chi connectivity index (χ1) is 6.57. The molecule has 0 atom stereocenters. The quantitative estimate of drug-likeness (QED) is 0.726. The summed E-state index contributed by atoms with van der Waals surface area (Å²) in [5.74, 6) is 0.363. The zero-order valence-corrected chi connectivity index (χ0v) is 9.39. The normalized spacial score (nSPS) is 19.6. The van der Waals surface area contributed by atoms with Crippen LogP contribution in [0.1, 0.15) is 32.1 Å². The summed E-state index contributed by atoms with van der Waals surface area (Å²) in [6.07, 6.45) is 4.10. The summed E-state index contributed by atoms with van der Waals surface area (Å²) < 4.78 is 0. The van der Waals surface area contributed by atoms with Crippen molar-refractivity contribution >= 4 is 17.5 Å². The first-order valence-corrected chi connectivity index (χ1v) is 5.63. The lowest BCUT2D eigenvalue weighted by atomic mass is 10.0. The van der Waals surface area contributed by atoms with Gasteiger partial charge in [0.2, 0.25) is 5.91 Å². The van der Waals surface area contributed by atoms with Crippen LogP contribution in [0.25, 0.3) is 0 Å². The maximum Gasteiger partial charge on any atom is 0.223 e. The van der Waals surface area contributed by atoms with Gasteiger partial charge in [0, 0.05) is 25.9 Å². The topological polar surface area (TPSA) is 40.5 Å². The molecule has 0 heterocycles. The molecule has 0 unspecified atom stereocenters. The van der Waals surface area contributed by atoms with Crippen molar-refractivity contribution in [3.05, 3.63) is 0 Å². The first kappa shape index (κ1) is 11.8. The molecule has 82 valence electrons. The predicted molar refractivity (Wildman–Crippen MR) is 56.4 cm³/mol. The third kappa shape index (κ3) is 3.14. The van der Waals surface area contributed by atoms with E-state index in [4.69, 9.17) is 11.6 Å². The number of aliphatic hydroxyl groups is 1. The molecule has 14 heavy (non-hydrogen) atoms. The molecule has 1 aliphatic carbocycles. The molecular formula is C10H18ClNO2. The SMILES string of the molecule is CN(CC1(O)CCCC1)C(=O)CCCl. The number of nitrogens with zero attached hydrogens (tertiary/aromatic N) is 1. The lowest BCUT2D eigenvalue weighted by Crippen LogP contribution is -2.42. The minimum absolute atomic E-state index is 0.0142. The lowest BCUT2D eigenvalue weighted by molar-refractivity contribution is -0.132. The van der Waals surface area contributed by atoms with Crippen molar-refractivity contribution < 1.29 is 9.90 Å². The Hall–Kier alpha value is -0.280. The number of hydrogen-bond donors (Lipinski definition) is 1. The molecule has 1 amide bonds. The van der Waals surface area contributed by atoms with Crippen molar-refractivity contribution in [2.24, 2.45) is 0 Å². The maximum absolute atomic E-state index is 11.4. The monoisotopic (exact) mass is 219 g/mol. The van der Waals surface area contributed by atoms with Gasteiger partial charge in [-0.1, -0.05) is 12.8 Å². The van der Waals surface area contributed by atoms with Gasteiger partial charge in [0.05, 0.1) is 5.60 Å². The summed E-state index contributed by atoms with van der Waals surface area (Å²) >= 11 is 5.48. The van der Waals surface area contributed by atoms with Crippen LogP contribution in [0.15, 0.2) is 0 Å². The van der Waals surface area contributed by atoms with Gasteiger partial charge in [0.15, 0.2) is 0 Å². The highest BCUT2D eigenvalue weighted by Gasteiger charge is 2.33. The van der Waals surface area contributed by atoms with Crippen molar-refractivity contribution in [2.45, 2.75) is 37.7 Å². The molecule has 1 N–H and O–H groups in total. The predicted octanol–water partition coefficient (Wildman–Crippen LogP) is 1.38. The number of amides is 1. The van der Waals surface area contributed by atoms with E-state index in [0.29, 0.717) is 18.8 Å². The Morgan fingerprint density at radius 3 is 2.57 bits per heavy atom. The Balaban J connectivity index is 2.38. The average molecular weight is 220 g/mol. The van der Waals surface area contributed by atoms with E-state index in [1.165, 1.54) is 0 Å². The molecule has 0 aromatic heterocycles. The van der Waals surface area contributed by atoms with Crippen LogP contribution in [0.2, 0.25) is 0 Å². The van der Waals surface area contributed by atoms with Gasteiger partial charge in [-0.3, -0.25) is 4.79 Å². The summed E-state index contributed by atoms with van der Waals surface area (Å²) in [5.41, 5.74) is -0.642. The first-order valence-electron chi connectivity index (χ1n) is 5.10. The summed E-state index contributed by atoms with van der Waals surface area (Å²) in [6.45, 7) is 0.447. The number of alkyl halides is 1. The van der Waals surface area contributed by atoms with Gasteiger partial charge in [-0.05, 0) is 12.8 Å². The smallest absolute Gasteiger partial charge is 0.223 e. The number of carbonyl (C=O) groups excluding carboxylic acids is 1. The fourth-order valence-corrected chi connectivity index (χ4v) is 2.15. The van der Waals surface area contributed by atoms with Gasteiger partial charge in [-0.15, -0.1) is 11.6 Å². The van der Waals surface area contributed by atoms with Gasteiger partial charge in [0.1, 0.15) is 0 Å². The Labute approximate surface area is 90.0 Å². The Morgan fingerprint density at radius 2 is 2.07 bits per heavy atom. The van der Waals surface area contributed by atoms with E-state index in [9.17, 15) is 9.90 Å². The van der Waals surface area contributed by atoms with Gasteiger partial charge < -0.3 is 10.0 Å². The second-order valence-corrected chi connectivity index (χ2v) is 4.50. The minimum atomic E-state index is -0.642. The third-order valence-electron chi connectivity index (χ3n) is 2.80. The molecular weight excluding hydrogens is 202 g/mol. The fourth-order valence-electron chi connectivity index (χ4n) is 1.99. The zero-order chi connectivity index (χ0) is 10.6. The number of carbonyl (C=O) groups is 1. The lowest BCUT2D eigenvalue weighted by Gasteiger charge is -2.28. The summed E-state index contributed by atoms with van der Waals surface area (Å²) in [6, 6.07) is 0. The standard InChI is InChI=1S/C10H18ClNO2/c1-12(9(13)4-7-11)8-10(14)5-2-3-6-10/h14H,2-8H2,1H3. The van der Waals surface area contributed by atoms with Crippen LogP contribution in [-0.2, 0) is 4.79 Å². The molecule has 0 spiro atoms. The van der Waals surface area contributed by atoms with Gasteiger partial charge in [-0.25, -0.2) is 0 Å². The minimum Gasteiger partial charge on any atom is -0.388 e. The molecule has 3 nitrogen and oxygen atoms in total. The van der Waals surface area contributed by atoms with Crippen molar-refractivity contribution in [1.29, 1.82) is 0 Å². The molecule has 4 heteroatoms. The van der Waals surface area contributed by atoms with E-state index in [2.05, 4.69) is 0 Å². The second-order valence-electron chi connectivity index (χ2n) is 4.12. The van der Waals surface area contributed by atoms with Crippen molar-refractivity contribution in [3.63, 3.8) is 0 Å². The van der Waals surface area contributed by atoms with Gasteiger partial charge in [0.25, 0.3) is 0 Å². The van der Waals surface area contributed by atoms with Crippen LogP contribution in [0.3, 0.4) is 0 Å². The highest BCUT2D eigenvalue weighted by Crippen LogP contribution is 2.29. The Kier molecular flexibility index (Phi) is 4.20. The van der Waals surface area contributed by atoms with E-state index in [-0.39, 0.29) is 5.91 Å². The molecule has 1 aliphatic rings. The number of likely N-dealkylation sites (N-methyl/N-ethyl adjacent to an activating group) is 1. The zero-order valence-electron chi connectivity index (χ0n) is 8.63. The Bertz CT molecular complexity index is 202. The largest absolute Gasteiger partial charge is 0.388 e. The van der Waals surface area contributed by atoms with Crippen LogP contribution >= 0.6 is 11.6 Å². The molecule has 1 saturated carbocycles. The van der Waals surface area contributed by atoms with E-state index >= 15 is 0 Å². The molecule has 0 aromatic rings.